The molecule has 0 aliphatic carbocycles. The van der Waals surface area contributed by atoms with Crippen molar-refractivity contribution >= 4 is 15.7 Å². The number of rotatable bonds is 4. The normalized spacial score (nSPS) is 17.4. The summed E-state index contributed by atoms with van der Waals surface area (Å²) in [7, 11) is -3.65. The van der Waals surface area contributed by atoms with Crippen LogP contribution >= 0.6 is 0 Å². The van der Waals surface area contributed by atoms with E-state index >= 15 is 0 Å². The Morgan fingerprint density at radius 3 is 2.42 bits per heavy atom. The molecule has 1 aliphatic rings. The highest BCUT2D eigenvalue weighted by Gasteiger charge is 2.27. The molecule has 0 saturated heterocycles. The summed E-state index contributed by atoms with van der Waals surface area (Å²) in [4.78, 5) is 2.52. The predicted molar refractivity (Wildman–Crippen MR) is 97.7 cm³/mol. The van der Waals surface area contributed by atoms with Gasteiger partial charge in [-0.3, -0.25) is 0 Å². The Bertz CT molecular complexity index is 842. The van der Waals surface area contributed by atoms with E-state index in [1.807, 2.05) is 6.07 Å². The van der Waals surface area contributed by atoms with Gasteiger partial charge in [-0.2, -0.15) is 0 Å². The van der Waals surface area contributed by atoms with Gasteiger partial charge < -0.3 is 4.90 Å². The van der Waals surface area contributed by atoms with E-state index in [0.29, 0.717) is 12.0 Å². The van der Waals surface area contributed by atoms with Crippen molar-refractivity contribution in [2.24, 2.45) is 5.14 Å². The summed E-state index contributed by atoms with van der Waals surface area (Å²) in [5, 5.41) is 5.24. The van der Waals surface area contributed by atoms with Gasteiger partial charge in [-0.1, -0.05) is 38.1 Å². The van der Waals surface area contributed by atoms with E-state index in [1.165, 1.54) is 11.1 Å². The maximum Gasteiger partial charge on any atom is 0.238 e. The maximum absolute atomic E-state index is 11.5. The molecule has 0 saturated carbocycles. The average molecular weight is 344 g/mol. The van der Waals surface area contributed by atoms with E-state index < -0.39 is 10.0 Å². The van der Waals surface area contributed by atoms with Crippen LogP contribution in [-0.4, -0.2) is 14.5 Å². The lowest BCUT2D eigenvalue weighted by atomic mass is 10.0. The zero-order chi connectivity index (χ0) is 17.5. The van der Waals surface area contributed by atoms with Gasteiger partial charge in [0.2, 0.25) is 10.0 Å². The number of nitrogens with two attached hydrogens (primary N) is 1. The van der Waals surface area contributed by atoms with Crippen LogP contribution in [0.25, 0.3) is 0 Å². The van der Waals surface area contributed by atoms with Crippen LogP contribution in [0.2, 0.25) is 0 Å². The highest BCUT2D eigenvalue weighted by Crippen LogP contribution is 2.34. The second-order valence-electron chi connectivity index (χ2n) is 6.91. The largest absolute Gasteiger partial charge is 0.364 e. The first-order valence-electron chi connectivity index (χ1n) is 8.27. The summed E-state index contributed by atoms with van der Waals surface area (Å²) in [6.07, 6.45) is 0.836. The van der Waals surface area contributed by atoms with Crippen LogP contribution in [0.3, 0.4) is 0 Å². The molecule has 5 heteroatoms. The first-order valence-corrected chi connectivity index (χ1v) is 9.81. The van der Waals surface area contributed by atoms with Gasteiger partial charge in [0.1, 0.15) is 0 Å². The number of primary sulfonamides is 1. The highest BCUT2D eigenvalue weighted by atomic mass is 32.2. The second-order valence-corrected chi connectivity index (χ2v) is 8.47. The fourth-order valence-corrected chi connectivity index (χ4v) is 3.86. The van der Waals surface area contributed by atoms with Crippen LogP contribution in [-0.2, 0) is 23.0 Å². The van der Waals surface area contributed by atoms with Crippen molar-refractivity contribution in [2.75, 3.05) is 4.90 Å². The molecule has 2 N–H and O–H groups in total. The average Bonchev–Trinajstić information content (AvgIpc) is 2.82. The quantitative estimate of drug-likeness (QED) is 0.924. The predicted octanol–water partition coefficient (Wildman–Crippen LogP) is 3.41. The number of hydrogen-bond donors (Lipinski definition) is 1. The molecule has 0 aromatic heterocycles. The lowest BCUT2D eigenvalue weighted by molar-refractivity contribution is 0.597. The van der Waals surface area contributed by atoms with Crippen molar-refractivity contribution < 1.29 is 8.42 Å². The fourth-order valence-electron chi connectivity index (χ4n) is 3.29. The van der Waals surface area contributed by atoms with Crippen LogP contribution in [0.1, 0.15) is 43.4 Å². The van der Waals surface area contributed by atoms with Gasteiger partial charge in [0, 0.05) is 18.3 Å². The molecule has 128 valence electrons. The molecule has 3 rings (SSSR count). The molecule has 0 radical (unpaired) electrons. The third-order valence-corrected chi connectivity index (χ3v) is 5.65. The van der Waals surface area contributed by atoms with Crippen LogP contribution < -0.4 is 10.0 Å². The van der Waals surface area contributed by atoms with Gasteiger partial charge in [-0.15, -0.1) is 0 Å². The summed E-state index contributed by atoms with van der Waals surface area (Å²) in [5.74, 6) is 0.530. The molecule has 1 unspecified atom stereocenters. The van der Waals surface area contributed by atoms with E-state index in [4.69, 9.17) is 5.14 Å². The molecule has 2 aromatic rings. The van der Waals surface area contributed by atoms with Crippen molar-refractivity contribution in [1.82, 2.24) is 0 Å². The van der Waals surface area contributed by atoms with Crippen LogP contribution in [0.4, 0.5) is 5.69 Å². The lowest BCUT2D eigenvalue weighted by Gasteiger charge is -2.25. The number of nitrogens with zero attached hydrogens (tertiary/aromatic N) is 1. The zero-order valence-corrected chi connectivity index (χ0v) is 15.2. The van der Waals surface area contributed by atoms with Crippen molar-refractivity contribution in [3.8, 4) is 0 Å². The van der Waals surface area contributed by atoms with Gasteiger partial charge >= 0.3 is 0 Å². The molecular weight excluding hydrogens is 320 g/mol. The molecule has 1 atom stereocenters. The van der Waals surface area contributed by atoms with Crippen molar-refractivity contribution in [3.05, 3.63) is 59.2 Å². The Balaban J connectivity index is 1.86. The number of hydrogen-bond acceptors (Lipinski definition) is 3. The van der Waals surface area contributed by atoms with Gasteiger partial charge in [0.05, 0.1) is 4.90 Å². The van der Waals surface area contributed by atoms with Crippen LogP contribution in [0.15, 0.2) is 47.4 Å². The monoisotopic (exact) mass is 344 g/mol. The minimum absolute atomic E-state index is 0.191. The number of sulfonamides is 1. The van der Waals surface area contributed by atoms with Gasteiger partial charge in [0.15, 0.2) is 0 Å². The van der Waals surface area contributed by atoms with E-state index in [0.717, 1.165) is 24.2 Å². The molecule has 1 aliphatic heterocycles. The van der Waals surface area contributed by atoms with Crippen LogP contribution in [0.5, 0.6) is 0 Å². The van der Waals surface area contributed by atoms with E-state index in [1.54, 1.807) is 12.1 Å². The first kappa shape index (κ1) is 17.0. The van der Waals surface area contributed by atoms with Crippen molar-refractivity contribution in [2.45, 2.75) is 50.6 Å². The Morgan fingerprint density at radius 2 is 1.83 bits per heavy atom. The van der Waals surface area contributed by atoms with Crippen molar-refractivity contribution in [1.29, 1.82) is 0 Å². The summed E-state index contributed by atoms with van der Waals surface area (Å²) in [5.41, 5.74) is 4.75. The summed E-state index contributed by atoms with van der Waals surface area (Å²) < 4.78 is 23.1. The Kier molecular flexibility index (Phi) is 4.40. The Hall–Kier alpha value is -1.85. The molecule has 1 heterocycles. The Labute approximate surface area is 144 Å². The topological polar surface area (TPSA) is 63.4 Å². The summed E-state index contributed by atoms with van der Waals surface area (Å²) in [6, 6.07) is 14.3. The molecule has 0 bridgehead atoms. The molecule has 24 heavy (non-hydrogen) atoms. The van der Waals surface area contributed by atoms with E-state index in [9.17, 15) is 8.42 Å². The van der Waals surface area contributed by atoms with Gasteiger partial charge in [-0.05, 0) is 54.2 Å². The SMILES string of the molecule is CC(C)c1ccc(CN2c3ccc(S(N)(=O)=O)cc3CC2C)cc1. The maximum atomic E-state index is 11.5. The lowest BCUT2D eigenvalue weighted by Crippen LogP contribution is -2.28. The standard InChI is InChI=1S/C19H24N2O2S/c1-13(2)16-6-4-15(5-7-16)12-21-14(3)10-17-11-18(24(20,22)23)8-9-19(17)21/h4-9,11,13-14H,10,12H2,1-3H3,(H2,20,22,23). The highest BCUT2D eigenvalue weighted by molar-refractivity contribution is 7.89. The third kappa shape index (κ3) is 3.32. The molecule has 4 nitrogen and oxygen atoms in total. The smallest absolute Gasteiger partial charge is 0.238 e. The molecule has 0 amide bonds. The minimum Gasteiger partial charge on any atom is -0.364 e. The number of fused-ring (bicyclic) bond motifs is 1. The summed E-state index contributed by atoms with van der Waals surface area (Å²) >= 11 is 0. The van der Waals surface area contributed by atoms with Crippen LogP contribution in [0, 0.1) is 0 Å². The third-order valence-electron chi connectivity index (χ3n) is 4.74. The molecule has 2 aromatic carbocycles. The Morgan fingerprint density at radius 1 is 1.17 bits per heavy atom. The second kappa shape index (κ2) is 6.22. The minimum atomic E-state index is -3.65. The van der Waals surface area contributed by atoms with Crippen molar-refractivity contribution in [3.63, 3.8) is 0 Å². The van der Waals surface area contributed by atoms with E-state index in [-0.39, 0.29) is 4.90 Å². The molecule has 0 spiro atoms. The molecule has 0 fully saturated rings. The van der Waals surface area contributed by atoms with Gasteiger partial charge in [0.25, 0.3) is 0 Å². The molecular formula is C19H24N2O2S. The first-order chi connectivity index (χ1) is 11.3. The number of benzene rings is 2. The summed E-state index contributed by atoms with van der Waals surface area (Å²) in [6.45, 7) is 7.37. The zero-order valence-electron chi connectivity index (χ0n) is 14.4. The van der Waals surface area contributed by atoms with Gasteiger partial charge in [-0.25, -0.2) is 13.6 Å². The fraction of sp³-hybridized carbons (Fsp3) is 0.368. The number of anilines is 1. The van der Waals surface area contributed by atoms with E-state index in [2.05, 4.69) is 49.9 Å².